The zero-order valence-corrected chi connectivity index (χ0v) is 19.6. The summed E-state index contributed by atoms with van der Waals surface area (Å²) < 4.78 is 8.29. The molecule has 0 radical (unpaired) electrons. The van der Waals surface area contributed by atoms with E-state index in [0.29, 0.717) is 22.5 Å². The number of likely N-dealkylation sites (N-methyl/N-ethyl adjacent to an activating group) is 1. The second-order valence-corrected chi connectivity index (χ2v) is 8.64. The van der Waals surface area contributed by atoms with Gasteiger partial charge in [-0.15, -0.1) is 11.3 Å². The monoisotopic (exact) mass is 463 g/mol. The highest BCUT2D eigenvalue weighted by Crippen LogP contribution is 2.19. The van der Waals surface area contributed by atoms with Crippen molar-refractivity contribution in [3.05, 3.63) is 91.9 Å². The van der Waals surface area contributed by atoms with Crippen LogP contribution in [0.25, 0.3) is 10.2 Å². The Morgan fingerprint density at radius 2 is 1.85 bits per heavy atom. The average Bonchev–Trinajstić information content (AvgIpc) is 3.30. The Balaban J connectivity index is 1.76. The van der Waals surface area contributed by atoms with Crippen LogP contribution < -0.4 is 20.9 Å². The lowest BCUT2D eigenvalue weighted by atomic mass is 10.2. The first-order chi connectivity index (χ1) is 15.9. The highest BCUT2D eigenvalue weighted by Gasteiger charge is 2.20. The lowest BCUT2D eigenvalue weighted by Crippen LogP contribution is -2.43. The summed E-state index contributed by atoms with van der Waals surface area (Å²) in [5, 5.41) is 1.76. The zero-order valence-electron chi connectivity index (χ0n) is 18.8. The van der Waals surface area contributed by atoms with Crippen LogP contribution in [0, 0.1) is 6.92 Å². The van der Waals surface area contributed by atoms with Crippen molar-refractivity contribution in [2.75, 3.05) is 18.6 Å². The molecule has 1 amide bonds. The van der Waals surface area contributed by atoms with Crippen LogP contribution in [-0.4, -0.2) is 28.7 Å². The standard InChI is InChI=1S/C25H25N3O4S/c1-4-26(19-9-5-7-17(2)13-19)22(29)16-27-21-11-12-33-23(21)24(30)28(25(27)31)15-18-8-6-10-20(14-18)32-3/h5-14H,4,15-16H2,1-3H3. The molecule has 0 saturated carbocycles. The van der Waals surface area contributed by atoms with E-state index < -0.39 is 5.69 Å². The molecule has 0 fully saturated rings. The number of aryl methyl sites for hydroxylation is 1. The van der Waals surface area contributed by atoms with E-state index in [1.54, 1.807) is 35.6 Å². The first kappa shape index (κ1) is 22.5. The van der Waals surface area contributed by atoms with Gasteiger partial charge in [-0.2, -0.15) is 0 Å². The summed E-state index contributed by atoms with van der Waals surface area (Å²) in [5.41, 5.74) is 2.19. The van der Waals surface area contributed by atoms with E-state index in [9.17, 15) is 14.4 Å². The molecule has 0 N–H and O–H groups in total. The van der Waals surface area contributed by atoms with E-state index in [1.165, 1.54) is 20.5 Å². The van der Waals surface area contributed by atoms with Crippen LogP contribution in [0.4, 0.5) is 5.69 Å². The molecule has 0 aliphatic heterocycles. The number of carbonyl (C=O) groups excluding carboxylic acids is 1. The van der Waals surface area contributed by atoms with Crippen molar-refractivity contribution < 1.29 is 9.53 Å². The zero-order chi connectivity index (χ0) is 23.5. The third kappa shape index (κ3) is 4.47. The smallest absolute Gasteiger partial charge is 0.332 e. The molecule has 0 atom stereocenters. The highest BCUT2D eigenvalue weighted by molar-refractivity contribution is 7.17. The van der Waals surface area contributed by atoms with Gasteiger partial charge in [-0.1, -0.05) is 24.3 Å². The van der Waals surface area contributed by atoms with Crippen LogP contribution >= 0.6 is 11.3 Å². The van der Waals surface area contributed by atoms with Crippen molar-refractivity contribution in [3.63, 3.8) is 0 Å². The van der Waals surface area contributed by atoms with E-state index in [-0.39, 0.29) is 24.6 Å². The van der Waals surface area contributed by atoms with Crippen LogP contribution in [0.15, 0.2) is 69.6 Å². The van der Waals surface area contributed by atoms with Gasteiger partial charge in [0.05, 0.1) is 19.2 Å². The fourth-order valence-corrected chi connectivity index (χ4v) is 4.74. The van der Waals surface area contributed by atoms with E-state index in [2.05, 4.69) is 0 Å². The predicted octanol–water partition coefficient (Wildman–Crippen LogP) is 3.64. The number of anilines is 1. The van der Waals surface area contributed by atoms with Crippen LogP contribution in [-0.2, 0) is 17.9 Å². The lowest BCUT2D eigenvalue weighted by molar-refractivity contribution is -0.119. The Bertz CT molecular complexity index is 1430. The maximum Gasteiger partial charge on any atom is 0.332 e. The first-order valence-corrected chi connectivity index (χ1v) is 11.5. The van der Waals surface area contributed by atoms with Gasteiger partial charge >= 0.3 is 5.69 Å². The van der Waals surface area contributed by atoms with Gasteiger partial charge in [-0.05, 0) is 60.7 Å². The number of hydrogen-bond donors (Lipinski definition) is 0. The van der Waals surface area contributed by atoms with E-state index in [4.69, 9.17) is 4.74 Å². The molecule has 2 aromatic carbocycles. The summed E-state index contributed by atoms with van der Waals surface area (Å²) in [6, 6.07) is 16.6. The molecular formula is C25H25N3O4S. The number of rotatable bonds is 7. The van der Waals surface area contributed by atoms with Crippen molar-refractivity contribution in [3.8, 4) is 5.75 Å². The molecule has 0 aliphatic carbocycles. The molecule has 7 nitrogen and oxygen atoms in total. The molecule has 4 aromatic rings. The van der Waals surface area contributed by atoms with Crippen LogP contribution in [0.5, 0.6) is 5.75 Å². The topological polar surface area (TPSA) is 73.5 Å². The van der Waals surface area contributed by atoms with Crippen molar-refractivity contribution in [2.24, 2.45) is 0 Å². The second kappa shape index (κ2) is 9.46. The quantitative estimate of drug-likeness (QED) is 0.419. The average molecular weight is 464 g/mol. The third-order valence-electron chi connectivity index (χ3n) is 5.54. The number of aromatic nitrogens is 2. The fourth-order valence-electron chi connectivity index (χ4n) is 3.90. The van der Waals surface area contributed by atoms with E-state index in [1.807, 2.05) is 50.2 Å². The van der Waals surface area contributed by atoms with Crippen molar-refractivity contribution in [1.29, 1.82) is 0 Å². The van der Waals surface area contributed by atoms with Crippen LogP contribution in [0.2, 0.25) is 0 Å². The largest absolute Gasteiger partial charge is 0.497 e. The second-order valence-electron chi connectivity index (χ2n) is 7.72. The third-order valence-corrected chi connectivity index (χ3v) is 6.43. The summed E-state index contributed by atoms with van der Waals surface area (Å²) in [4.78, 5) is 41.4. The number of methoxy groups -OCH3 is 1. The summed E-state index contributed by atoms with van der Waals surface area (Å²) in [7, 11) is 1.56. The summed E-state index contributed by atoms with van der Waals surface area (Å²) in [5.74, 6) is 0.425. The Kier molecular flexibility index (Phi) is 6.46. The molecule has 4 rings (SSSR count). The Morgan fingerprint density at radius 1 is 1.06 bits per heavy atom. The molecule has 8 heteroatoms. The summed E-state index contributed by atoms with van der Waals surface area (Å²) in [6.45, 7) is 4.26. The Labute approximate surface area is 195 Å². The number of carbonyl (C=O) groups is 1. The fraction of sp³-hybridized carbons (Fsp3) is 0.240. The van der Waals surface area contributed by atoms with Crippen molar-refractivity contribution in [1.82, 2.24) is 9.13 Å². The molecular weight excluding hydrogens is 438 g/mol. The number of hydrogen-bond acceptors (Lipinski definition) is 5. The van der Waals surface area contributed by atoms with Gasteiger partial charge in [0.1, 0.15) is 17.0 Å². The van der Waals surface area contributed by atoms with Gasteiger partial charge in [0.15, 0.2) is 0 Å². The minimum absolute atomic E-state index is 0.0896. The molecule has 0 aliphatic rings. The molecule has 33 heavy (non-hydrogen) atoms. The number of thiophene rings is 1. The molecule has 2 aromatic heterocycles. The molecule has 0 unspecified atom stereocenters. The molecule has 170 valence electrons. The van der Waals surface area contributed by atoms with Gasteiger partial charge in [0.2, 0.25) is 5.91 Å². The maximum atomic E-state index is 13.4. The number of ether oxygens (including phenoxy) is 1. The van der Waals surface area contributed by atoms with Crippen molar-refractivity contribution in [2.45, 2.75) is 26.9 Å². The van der Waals surface area contributed by atoms with E-state index in [0.717, 1.165) is 16.8 Å². The van der Waals surface area contributed by atoms with Gasteiger partial charge in [-0.3, -0.25) is 18.7 Å². The van der Waals surface area contributed by atoms with Crippen LogP contribution in [0.1, 0.15) is 18.1 Å². The van der Waals surface area contributed by atoms with Gasteiger partial charge in [0, 0.05) is 12.2 Å². The van der Waals surface area contributed by atoms with Gasteiger partial charge < -0.3 is 9.64 Å². The Morgan fingerprint density at radius 3 is 2.58 bits per heavy atom. The summed E-state index contributed by atoms with van der Waals surface area (Å²) in [6.07, 6.45) is 0. The highest BCUT2D eigenvalue weighted by atomic mass is 32.1. The normalized spacial score (nSPS) is 11.0. The lowest BCUT2D eigenvalue weighted by Gasteiger charge is -2.22. The van der Waals surface area contributed by atoms with E-state index >= 15 is 0 Å². The first-order valence-electron chi connectivity index (χ1n) is 10.6. The minimum Gasteiger partial charge on any atom is -0.497 e. The summed E-state index contributed by atoms with van der Waals surface area (Å²) >= 11 is 1.27. The molecule has 0 spiro atoms. The van der Waals surface area contributed by atoms with Gasteiger partial charge in [-0.25, -0.2) is 4.79 Å². The number of fused-ring (bicyclic) bond motifs is 1. The SMILES string of the molecule is CCN(C(=O)Cn1c(=O)n(Cc2cccc(OC)c2)c(=O)c2sccc21)c1cccc(C)c1. The minimum atomic E-state index is -0.512. The predicted molar refractivity (Wildman–Crippen MR) is 132 cm³/mol. The van der Waals surface area contributed by atoms with Crippen molar-refractivity contribution >= 4 is 33.1 Å². The number of amides is 1. The number of benzene rings is 2. The van der Waals surface area contributed by atoms with Crippen LogP contribution in [0.3, 0.4) is 0 Å². The molecule has 0 saturated heterocycles. The number of nitrogens with zero attached hydrogens (tertiary/aromatic N) is 3. The molecule has 0 bridgehead atoms. The van der Waals surface area contributed by atoms with Gasteiger partial charge in [0.25, 0.3) is 5.56 Å². The Hall–Kier alpha value is -3.65. The maximum absolute atomic E-state index is 13.4. The molecule has 2 heterocycles.